The van der Waals surface area contributed by atoms with Crippen molar-refractivity contribution >= 4 is 17.6 Å². The van der Waals surface area contributed by atoms with Crippen molar-refractivity contribution in [1.29, 1.82) is 0 Å². The summed E-state index contributed by atoms with van der Waals surface area (Å²) in [4.78, 5) is 23.5. The van der Waals surface area contributed by atoms with E-state index in [4.69, 9.17) is 5.73 Å². The zero-order valence-corrected chi connectivity index (χ0v) is 15.7. The van der Waals surface area contributed by atoms with Gasteiger partial charge in [0, 0.05) is 24.2 Å². The zero-order chi connectivity index (χ0) is 19.4. The number of anilines is 1. The molecule has 3 rings (SSSR count). The van der Waals surface area contributed by atoms with Crippen LogP contribution in [0.4, 0.5) is 10.5 Å². The number of aryl methyl sites for hydroxylation is 1. The van der Waals surface area contributed by atoms with E-state index in [1.165, 1.54) is 6.42 Å². The van der Waals surface area contributed by atoms with Crippen molar-refractivity contribution in [2.75, 3.05) is 5.32 Å². The van der Waals surface area contributed by atoms with E-state index < -0.39 is 12.1 Å². The summed E-state index contributed by atoms with van der Waals surface area (Å²) in [5.41, 5.74) is 6.77. The Kier molecular flexibility index (Phi) is 5.73. The van der Waals surface area contributed by atoms with Crippen LogP contribution in [-0.2, 0) is 17.8 Å². The fraction of sp³-hybridized carbons (Fsp3) is 0.474. The highest BCUT2D eigenvalue weighted by Gasteiger charge is 2.23. The fourth-order valence-corrected chi connectivity index (χ4v) is 3.31. The lowest BCUT2D eigenvalue weighted by Crippen LogP contribution is -2.49. The van der Waals surface area contributed by atoms with Crippen molar-refractivity contribution in [2.45, 2.75) is 52.1 Å². The van der Waals surface area contributed by atoms with Crippen LogP contribution in [0.1, 0.15) is 38.9 Å². The van der Waals surface area contributed by atoms with E-state index in [9.17, 15) is 9.59 Å². The van der Waals surface area contributed by atoms with E-state index in [1.807, 2.05) is 38.1 Å². The molecule has 2 heterocycles. The lowest BCUT2D eigenvalue weighted by Gasteiger charge is -2.20. The van der Waals surface area contributed by atoms with Crippen molar-refractivity contribution in [3.63, 3.8) is 0 Å². The maximum atomic E-state index is 12.4. The molecule has 0 unspecified atom stereocenters. The van der Waals surface area contributed by atoms with Crippen LogP contribution in [0, 0.1) is 5.92 Å². The first-order chi connectivity index (χ1) is 13.0. The van der Waals surface area contributed by atoms with Crippen molar-refractivity contribution in [2.24, 2.45) is 11.7 Å². The fourth-order valence-electron chi connectivity index (χ4n) is 3.31. The van der Waals surface area contributed by atoms with Crippen molar-refractivity contribution in [3.05, 3.63) is 30.1 Å². The third-order valence-electron chi connectivity index (χ3n) is 4.77. The van der Waals surface area contributed by atoms with E-state index in [2.05, 4.69) is 25.4 Å². The summed E-state index contributed by atoms with van der Waals surface area (Å²) in [6.45, 7) is 4.63. The standard InChI is InChI=1S/C19H26N6O2/c1-12(2)16(22-19(20)27)18(26)21-14-9-7-13(8-10-14)17-24-23-15-6-4-3-5-11-25(15)17/h7-10,12,16H,3-6,11H2,1-2H3,(H,21,26)(H3,20,22,27)/t16-/m1/s1. The maximum absolute atomic E-state index is 12.4. The maximum Gasteiger partial charge on any atom is 0.312 e. The summed E-state index contributed by atoms with van der Waals surface area (Å²) < 4.78 is 2.19. The van der Waals surface area contributed by atoms with Crippen molar-refractivity contribution < 1.29 is 9.59 Å². The van der Waals surface area contributed by atoms with Gasteiger partial charge in [-0.05, 0) is 43.0 Å². The number of nitrogens with one attached hydrogen (secondary N) is 2. The van der Waals surface area contributed by atoms with Gasteiger partial charge in [0.05, 0.1) is 0 Å². The molecule has 0 radical (unpaired) electrons. The van der Waals surface area contributed by atoms with E-state index in [0.717, 1.165) is 43.0 Å². The predicted molar refractivity (Wildman–Crippen MR) is 103 cm³/mol. The number of amides is 3. The van der Waals surface area contributed by atoms with E-state index in [0.29, 0.717) is 5.69 Å². The van der Waals surface area contributed by atoms with Gasteiger partial charge in [-0.2, -0.15) is 0 Å². The first kappa shape index (κ1) is 18.9. The number of hydrogen-bond acceptors (Lipinski definition) is 4. The average Bonchev–Trinajstić information content (AvgIpc) is 2.88. The highest BCUT2D eigenvalue weighted by Crippen LogP contribution is 2.24. The number of aromatic nitrogens is 3. The van der Waals surface area contributed by atoms with E-state index in [-0.39, 0.29) is 11.8 Å². The number of rotatable bonds is 5. The normalized spacial score (nSPS) is 14.9. The zero-order valence-electron chi connectivity index (χ0n) is 15.7. The van der Waals surface area contributed by atoms with Crippen molar-refractivity contribution in [1.82, 2.24) is 20.1 Å². The molecule has 3 amide bonds. The quantitative estimate of drug-likeness (QED) is 0.749. The molecule has 144 valence electrons. The number of fused-ring (bicyclic) bond motifs is 1. The molecule has 1 aromatic heterocycles. The molecule has 27 heavy (non-hydrogen) atoms. The summed E-state index contributed by atoms with van der Waals surface area (Å²) in [7, 11) is 0. The second-order valence-corrected chi connectivity index (χ2v) is 7.20. The lowest BCUT2D eigenvalue weighted by atomic mass is 10.0. The largest absolute Gasteiger partial charge is 0.352 e. The molecule has 2 aromatic rings. The van der Waals surface area contributed by atoms with E-state index in [1.54, 1.807) is 0 Å². The molecule has 8 heteroatoms. The van der Waals surface area contributed by atoms with Crippen LogP contribution in [0.25, 0.3) is 11.4 Å². The Bertz CT molecular complexity index is 812. The second kappa shape index (κ2) is 8.20. The molecule has 0 spiro atoms. The minimum Gasteiger partial charge on any atom is -0.352 e. The SMILES string of the molecule is CC(C)[C@@H](NC(N)=O)C(=O)Nc1ccc(-c2nnc3n2CCCCC3)cc1. The number of nitrogens with two attached hydrogens (primary N) is 1. The number of urea groups is 1. The molecule has 1 aromatic carbocycles. The van der Waals surface area contributed by atoms with Crippen LogP contribution in [-0.4, -0.2) is 32.7 Å². The topological polar surface area (TPSA) is 115 Å². The Balaban J connectivity index is 1.73. The Hall–Kier alpha value is -2.90. The summed E-state index contributed by atoms with van der Waals surface area (Å²) in [5, 5.41) is 14.0. The smallest absolute Gasteiger partial charge is 0.312 e. The highest BCUT2D eigenvalue weighted by molar-refractivity contribution is 5.97. The number of nitrogens with zero attached hydrogens (tertiary/aromatic N) is 3. The first-order valence-corrected chi connectivity index (χ1v) is 9.35. The second-order valence-electron chi connectivity index (χ2n) is 7.20. The van der Waals surface area contributed by atoms with Gasteiger partial charge in [0.1, 0.15) is 11.9 Å². The number of carbonyl (C=O) groups excluding carboxylic acids is 2. The molecular formula is C19H26N6O2. The van der Waals surface area contributed by atoms with Crippen LogP contribution in [0.2, 0.25) is 0 Å². The van der Waals surface area contributed by atoms with Crippen LogP contribution in [0.15, 0.2) is 24.3 Å². The molecule has 0 saturated heterocycles. The van der Waals surface area contributed by atoms with Crippen LogP contribution in [0.3, 0.4) is 0 Å². The van der Waals surface area contributed by atoms with Gasteiger partial charge in [-0.25, -0.2) is 4.79 Å². The van der Waals surface area contributed by atoms with Gasteiger partial charge in [-0.15, -0.1) is 10.2 Å². The summed E-state index contributed by atoms with van der Waals surface area (Å²) in [5.74, 6) is 1.52. The molecule has 1 atom stereocenters. The minimum absolute atomic E-state index is 0.0803. The van der Waals surface area contributed by atoms with Gasteiger partial charge in [-0.3, -0.25) is 4.79 Å². The average molecular weight is 370 g/mol. The van der Waals surface area contributed by atoms with Crippen LogP contribution in [0.5, 0.6) is 0 Å². The van der Waals surface area contributed by atoms with Gasteiger partial charge < -0.3 is 20.9 Å². The monoisotopic (exact) mass is 370 g/mol. The number of hydrogen-bond donors (Lipinski definition) is 3. The molecule has 1 aliphatic heterocycles. The third-order valence-corrected chi connectivity index (χ3v) is 4.77. The van der Waals surface area contributed by atoms with Gasteiger partial charge in [0.25, 0.3) is 0 Å². The molecule has 0 bridgehead atoms. The van der Waals surface area contributed by atoms with Gasteiger partial charge in [0.2, 0.25) is 5.91 Å². The van der Waals surface area contributed by atoms with Crippen molar-refractivity contribution in [3.8, 4) is 11.4 Å². The molecular weight excluding hydrogens is 344 g/mol. The van der Waals surface area contributed by atoms with Crippen LogP contribution < -0.4 is 16.4 Å². The summed E-state index contributed by atoms with van der Waals surface area (Å²) in [6.07, 6.45) is 4.46. The summed E-state index contributed by atoms with van der Waals surface area (Å²) >= 11 is 0. The van der Waals surface area contributed by atoms with E-state index >= 15 is 0 Å². The van der Waals surface area contributed by atoms with Gasteiger partial charge in [-0.1, -0.05) is 20.3 Å². The lowest BCUT2D eigenvalue weighted by molar-refractivity contribution is -0.118. The Morgan fingerprint density at radius 2 is 1.85 bits per heavy atom. The third kappa shape index (κ3) is 4.45. The molecule has 0 aliphatic carbocycles. The minimum atomic E-state index is -0.716. The van der Waals surface area contributed by atoms with Gasteiger partial charge in [0.15, 0.2) is 5.82 Å². The van der Waals surface area contributed by atoms with Gasteiger partial charge >= 0.3 is 6.03 Å². The Labute approximate surface area is 158 Å². The molecule has 0 fully saturated rings. The molecule has 8 nitrogen and oxygen atoms in total. The number of benzene rings is 1. The Morgan fingerprint density at radius 1 is 1.11 bits per heavy atom. The highest BCUT2D eigenvalue weighted by atomic mass is 16.2. The molecule has 1 aliphatic rings. The van der Waals surface area contributed by atoms with Crippen LogP contribution >= 0.6 is 0 Å². The summed E-state index contributed by atoms with van der Waals surface area (Å²) in [6, 6.07) is 6.09. The first-order valence-electron chi connectivity index (χ1n) is 9.35. The molecule has 4 N–H and O–H groups in total. The number of carbonyl (C=O) groups is 2. The predicted octanol–water partition coefficient (Wildman–Crippen LogP) is 2.30. The Morgan fingerprint density at radius 3 is 2.52 bits per heavy atom. The molecule has 0 saturated carbocycles. The number of primary amides is 1.